The van der Waals surface area contributed by atoms with Crippen molar-refractivity contribution in [3.05, 3.63) is 52.9 Å². The Kier molecular flexibility index (Phi) is 5.04. The zero-order valence-electron chi connectivity index (χ0n) is 14.3. The summed E-state index contributed by atoms with van der Waals surface area (Å²) in [5.74, 6) is -1.01. The summed E-state index contributed by atoms with van der Waals surface area (Å²) in [6.07, 6.45) is 6.28. The van der Waals surface area contributed by atoms with Crippen molar-refractivity contribution in [2.75, 3.05) is 14.2 Å². The minimum Gasteiger partial charge on any atom is -0.465 e. The highest BCUT2D eigenvalue weighted by molar-refractivity contribution is 7.13. The molecule has 0 fully saturated rings. The number of methoxy groups -OCH3 is 2. The minimum atomic E-state index is -0.515. The Labute approximate surface area is 153 Å². The van der Waals surface area contributed by atoms with Crippen molar-refractivity contribution < 1.29 is 19.1 Å². The maximum atomic E-state index is 12.3. The fourth-order valence-electron chi connectivity index (χ4n) is 2.54. The van der Waals surface area contributed by atoms with Crippen LogP contribution >= 0.6 is 11.3 Å². The predicted molar refractivity (Wildman–Crippen MR) is 96.0 cm³/mol. The van der Waals surface area contributed by atoms with Gasteiger partial charge in [-0.1, -0.05) is 0 Å². The van der Waals surface area contributed by atoms with E-state index in [0.717, 1.165) is 0 Å². The molecule has 0 aromatic carbocycles. The third-order valence-corrected chi connectivity index (χ3v) is 4.58. The van der Waals surface area contributed by atoms with Gasteiger partial charge in [-0.2, -0.15) is 0 Å². The Morgan fingerprint density at radius 3 is 2.42 bits per heavy atom. The van der Waals surface area contributed by atoms with Gasteiger partial charge in [-0.25, -0.2) is 14.6 Å². The lowest BCUT2D eigenvalue weighted by molar-refractivity contribution is 0.0593. The second kappa shape index (κ2) is 7.40. The summed E-state index contributed by atoms with van der Waals surface area (Å²) >= 11 is 1.39. The second-order valence-corrected chi connectivity index (χ2v) is 6.21. The summed E-state index contributed by atoms with van der Waals surface area (Å²) < 4.78 is 9.76. The number of nitrogens with zero attached hydrogens (tertiary/aromatic N) is 3. The SMILES string of the molecule is COC(=O)c1cc(-c2cncc(C)c2C(=O)OC)ncc1-c1nccs1. The second-order valence-electron chi connectivity index (χ2n) is 5.31. The highest BCUT2D eigenvalue weighted by Gasteiger charge is 2.21. The number of hydrogen-bond donors (Lipinski definition) is 0. The molecule has 0 aliphatic heterocycles. The van der Waals surface area contributed by atoms with E-state index in [2.05, 4.69) is 15.0 Å². The van der Waals surface area contributed by atoms with Gasteiger partial charge in [0.1, 0.15) is 5.01 Å². The molecule has 3 heterocycles. The Bertz CT molecular complexity index is 971. The molecule has 0 N–H and O–H groups in total. The van der Waals surface area contributed by atoms with Crippen LogP contribution in [0.4, 0.5) is 0 Å². The van der Waals surface area contributed by atoms with Gasteiger partial charge in [0.25, 0.3) is 0 Å². The van der Waals surface area contributed by atoms with Gasteiger partial charge in [-0.3, -0.25) is 9.97 Å². The topological polar surface area (TPSA) is 91.3 Å². The van der Waals surface area contributed by atoms with Crippen LogP contribution in [0.1, 0.15) is 26.3 Å². The maximum Gasteiger partial charge on any atom is 0.338 e. The number of esters is 2. The first-order valence-electron chi connectivity index (χ1n) is 7.58. The number of thiazole rings is 1. The molecule has 0 bridgehead atoms. The number of pyridine rings is 2. The smallest absolute Gasteiger partial charge is 0.338 e. The van der Waals surface area contributed by atoms with E-state index >= 15 is 0 Å². The van der Waals surface area contributed by atoms with Gasteiger partial charge in [0, 0.05) is 41.3 Å². The van der Waals surface area contributed by atoms with E-state index < -0.39 is 11.9 Å². The average molecular weight is 369 g/mol. The first kappa shape index (κ1) is 17.7. The van der Waals surface area contributed by atoms with Gasteiger partial charge < -0.3 is 9.47 Å². The van der Waals surface area contributed by atoms with Crippen LogP contribution in [0.5, 0.6) is 0 Å². The van der Waals surface area contributed by atoms with E-state index in [1.807, 2.05) is 5.38 Å². The number of aromatic nitrogens is 3. The summed E-state index contributed by atoms with van der Waals surface area (Å²) in [7, 11) is 2.62. The van der Waals surface area contributed by atoms with Crippen LogP contribution in [0.25, 0.3) is 21.8 Å². The highest BCUT2D eigenvalue weighted by atomic mass is 32.1. The number of rotatable bonds is 4. The lowest BCUT2D eigenvalue weighted by Gasteiger charge is -2.12. The van der Waals surface area contributed by atoms with Crippen molar-refractivity contribution >= 4 is 23.3 Å². The van der Waals surface area contributed by atoms with Crippen LogP contribution in [0, 0.1) is 6.92 Å². The van der Waals surface area contributed by atoms with E-state index in [0.29, 0.717) is 38.5 Å². The summed E-state index contributed by atoms with van der Waals surface area (Å²) in [6.45, 7) is 1.76. The lowest BCUT2D eigenvalue weighted by Crippen LogP contribution is -2.09. The molecule has 0 unspecified atom stereocenters. The molecular weight excluding hydrogens is 354 g/mol. The Morgan fingerprint density at radius 1 is 1.00 bits per heavy atom. The highest BCUT2D eigenvalue weighted by Crippen LogP contribution is 2.31. The normalized spacial score (nSPS) is 10.4. The summed E-state index contributed by atoms with van der Waals surface area (Å²) in [5.41, 5.74) is 2.78. The molecule has 3 rings (SSSR count). The fraction of sp³-hybridized carbons (Fsp3) is 0.167. The molecule has 0 spiro atoms. The molecule has 0 atom stereocenters. The van der Waals surface area contributed by atoms with Crippen LogP contribution in [-0.2, 0) is 9.47 Å². The van der Waals surface area contributed by atoms with Gasteiger partial charge >= 0.3 is 11.9 Å². The number of ether oxygens (including phenoxy) is 2. The summed E-state index contributed by atoms with van der Waals surface area (Å²) in [5, 5.41) is 2.46. The molecule has 0 aliphatic carbocycles. The maximum absolute atomic E-state index is 12.3. The van der Waals surface area contributed by atoms with Crippen molar-refractivity contribution in [1.82, 2.24) is 15.0 Å². The van der Waals surface area contributed by atoms with E-state index in [-0.39, 0.29) is 0 Å². The van der Waals surface area contributed by atoms with E-state index in [9.17, 15) is 9.59 Å². The Balaban J connectivity index is 2.21. The molecule has 3 aromatic rings. The third-order valence-electron chi connectivity index (χ3n) is 3.77. The largest absolute Gasteiger partial charge is 0.465 e. The van der Waals surface area contributed by atoms with E-state index in [1.165, 1.54) is 31.8 Å². The van der Waals surface area contributed by atoms with Crippen LogP contribution in [-0.4, -0.2) is 41.1 Å². The van der Waals surface area contributed by atoms with Gasteiger partial charge in [0.15, 0.2) is 0 Å². The first-order chi connectivity index (χ1) is 12.6. The zero-order chi connectivity index (χ0) is 18.7. The monoisotopic (exact) mass is 369 g/mol. The van der Waals surface area contributed by atoms with Crippen LogP contribution in [0.2, 0.25) is 0 Å². The number of carbonyl (C=O) groups is 2. The van der Waals surface area contributed by atoms with Crippen molar-refractivity contribution in [2.24, 2.45) is 0 Å². The van der Waals surface area contributed by atoms with Crippen molar-refractivity contribution in [3.8, 4) is 21.8 Å². The van der Waals surface area contributed by atoms with Gasteiger partial charge in [-0.05, 0) is 18.6 Å². The van der Waals surface area contributed by atoms with Gasteiger partial charge in [0.05, 0.1) is 31.0 Å². The first-order valence-corrected chi connectivity index (χ1v) is 8.46. The van der Waals surface area contributed by atoms with Gasteiger partial charge in [0.2, 0.25) is 0 Å². The molecule has 0 aliphatic rings. The Hall–Kier alpha value is -3.13. The lowest BCUT2D eigenvalue weighted by atomic mass is 10.00. The van der Waals surface area contributed by atoms with Crippen molar-refractivity contribution in [1.29, 1.82) is 0 Å². The molecule has 3 aromatic heterocycles. The molecule has 0 saturated heterocycles. The van der Waals surface area contributed by atoms with Crippen LogP contribution in [0.3, 0.4) is 0 Å². The average Bonchev–Trinajstić information content (AvgIpc) is 3.20. The fourth-order valence-corrected chi connectivity index (χ4v) is 3.20. The molecule has 8 heteroatoms. The number of hydrogen-bond acceptors (Lipinski definition) is 8. The van der Waals surface area contributed by atoms with E-state index in [1.54, 1.807) is 31.6 Å². The Morgan fingerprint density at radius 2 is 1.77 bits per heavy atom. The molecule has 0 amide bonds. The van der Waals surface area contributed by atoms with Crippen molar-refractivity contribution in [3.63, 3.8) is 0 Å². The van der Waals surface area contributed by atoms with E-state index in [4.69, 9.17) is 9.47 Å². The quantitative estimate of drug-likeness (QED) is 0.652. The predicted octanol–water partition coefficient (Wildman–Crippen LogP) is 3.15. The number of aryl methyl sites for hydroxylation is 1. The summed E-state index contributed by atoms with van der Waals surface area (Å²) in [4.78, 5) is 37.2. The third kappa shape index (κ3) is 3.18. The van der Waals surface area contributed by atoms with Crippen LogP contribution in [0.15, 0.2) is 36.2 Å². The summed E-state index contributed by atoms with van der Waals surface area (Å²) in [6, 6.07) is 1.57. The zero-order valence-corrected chi connectivity index (χ0v) is 15.2. The molecule has 0 saturated carbocycles. The molecule has 26 heavy (non-hydrogen) atoms. The molecule has 0 radical (unpaired) electrons. The van der Waals surface area contributed by atoms with Crippen LogP contribution < -0.4 is 0 Å². The van der Waals surface area contributed by atoms with Crippen molar-refractivity contribution in [2.45, 2.75) is 6.92 Å². The standard InChI is InChI=1S/C18H15N3O4S/c1-10-7-19-8-13(15(10)18(23)25-3)14-6-11(17(22)24-2)12(9-21-14)16-20-4-5-26-16/h4-9H,1-3H3. The number of carbonyl (C=O) groups excluding carboxylic acids is 2. The minimum absolute atomic E-state index is 0.310. The molecule has 7 nitrogen and oxygen atoms in total. The molecule has 132 valence electrons. The molecular formula is C18H15N3O4S. The van der Waals surface area contributed by atoms with Gasteiger partial charge in [-0.15, -0.1) is 11.3 Å².